The van der Waals surface area contributed by atoms with Crippen molar-refractivity contribution in [1.82, 2.24) is 0 Å². The number of rotatable bonds is 8. The van der Waals surface area contributed by atoms with Gasteiger partial charge in [0.05, 0.1) is 0 Å². The lowest BCUT2D eigenvalue weighted by molar-refractivity contribution is 0.660. The summed E-state index contributed by atoms with van der Waals surface area (Å²) in [4.78, 5) is 2.44. The van der Waals surface area contributed by atoms with Crippen molar-refractivity contribution < 1.29 is 0 Å². The third-order valence-electron chi connectivity index (χ3n) is 15.1. The molecule has 3 heteroatoms. The van der Waals surface area contributed by atoms with E-state index in [1.54, 1.807) is 0 Å². The van der Waals surface area contributed by atoms with E-state index < -0.39 is 0 Å². The summed E-state index contributed by atoms with van der Waals surface area (Å²) in [6.45, 7) is 4.80. The molecule has 0 atom stereocenters. The van der Waals surface area contributed by atoms with Crippen molar-refractivity contribution in [1.29, 1.82) is 0 Å². The first-order chi connectivity index (χ1) is 35.4. The van der Waals surface area contributed by atoms with Crippen molar-refractivity contribution in [3.05, 3.63) is 260 Å². The largest absolute Gasteiger partial charge is 0.310 e. The Hall–Kier alpha value is -8.34. The topological polar surface area (TPSA) is 3.24 Å². The van der Waals surface area contributed by atoms with Gasteiger partial charge in [-0.05, 0) is 151 Å². The van der Waals surface area contributed by atoms with E-state index in [1.165, 1.54) is 118 Å². The molecule has 72 heavy (non-hydrogen) atoms. The summed E-state index contributed by atoms with van der Waals surface area (Å²) in [5, 5.41) is 5.27. The fourth-order valence-electron chi connectivity index (χ4n) is 11.4. The quantitative estimate of drug-likeness (QED) is 0.147. The van der Waals surface area contributed by atoms with Crippen molar-refractivity contribution >= 4 is 80.1 Å². The van der Waals surface area contributed by atoms with Gasteiger partial charge in [0.2, 0.25) is 0 Å². The van der Waals surface area contributed by atoms with Gasteiger partial charge in [-0.15, -0.1) is 22.7 Å². The first-order valence-electron chi connectivity index (χ1n) is 24.8. The number of fused-ring (bicyclic) bond motifs is 9. The first-order valence-corrected chi connectivity index (χ1v) is 26.4. The van der Waals surface area contributed by atoms with Crippen LogP contribution in [0.5, 0.6) is 0 Å². The van der Waals surface area contributed by atoms with Gasteiger partial charge in [-0.25, -0.2) is 0 Å². The Morgan fingerprint density at radius 1 is 0.278 bits per heavy atom. The standard InChI is InChI=1S/C69H47NS2/c1-69(2)63-42-48(51-40-49(44-15-5-3-6-16-44)39-50(41-51)45-17-7-4-8-18-45)31-37-57(63)58-38-36-54(43-64(58)69)70(52-32-27-46(28-33-52)55-21-13-23-61-59-19-9-11-25-65(59)71-67(55)61)53-34-29-47(30-35-53)56-22-14-24-62-60-20-10-12-26-66(60)72-68(56)62/h3-43H,1-2H3. The van der Waals surface area contributed by atoms with Crippen LogP contribution in [-0.2, 0) is 5.41 Å². The van der Waals surface area contributed by atoms with Crippen LogP contribution in [0.15, 0.2) is 249 Å². The molecule has 11 aromatic carbocycles. The van der Waals surface area contributed by atoms with Gasteiger partial charge in [0.15, 0.2) is 0 Å². The molecular formula is C69H47NS2. The third-order valence-corrected chi connectivity index (χ3v) is 17.5. The average Bonchev–Trinajstić information content (AvgIpc) is 4.09. The lowest BCUT2D eigenvalue weighted by Gasteiger charge is -2.28. The van der Waals surface area contributed by atoms with E-state index in [4.69, 9.17) is 0 Å². The summed E-state index contributed by atoms with van der Waals surface area (Å²) < 4.78 is 5.30. The van der Waals surface area contributed by atoms with Crippen LogP contribution in [0.2, 0.25) is 0 Å². The van der Waals surface area contributed by atoms with Gasteiger partial charge in [0.25, 0.3) is 0 Å². The summed E-state index contributed by atoms with van der Waals surface area (Å²) in [6.07, 6.45) is 0. The molecule has 0 unspecified atom stereocenters. The molecule has 13 aromatic rings. The van der Waals surface area contributed by atoms with Crippen LogP contribution in [0.1, 0.15) is 25.0 Å². The van der Waals surface area contributed by atoms with E-state index in [-0.39, 0.29) is 5.41 Å². The van der Waals surface area contributed by atoms with Crippen molar-refractivity contribution in [3.63, 3.8) is 0 Å². The van der Waals surface area contributed by atoms with E-state index in [1.807, 2.05) is 22.7 Å². The molecule has 0 saturated carbocycles. The molecule has 340 valence electrons. The molecule has 1 nitrogen and oxygen atoms in total. The molecule has 1 aliphatic rings. The van der Waals surface area contributed by atoms with Crippen LogP contribution in [0.3, 0.4) is 0 Å². The zero-order valence-electron chi connectivity index (χ0n) is 39.9. The molecule has 0 radical (unpaired) electrons. The second kappa shape index (κ2) is 16.9. The lowest BCUT2D eigenvalue weighted by Crippen LogP contribution is -2.16. The fraction of sp³-hybridized carbons (Fsp3) is 0.0435. The Balaban J connectivity index is 0.868. The van der Waals surface area contributed by atoms with E-state index in [9.17, 15) is 0 Å². The second-order valence-electron chi connectivity index (χ2n) is 19.6. The van der Waals surface area contributed by atoms with Crippen molar-refractivity contribution in [3.8, 4) is 66.8 Å². The van der Waals surface area contributed by atoms with Gasteiger partial charge < -0.3 is 4.90 Å². The highest BCUT2D eigenvalue weighted by atomic mass is 32.1. The molecule has 0 aliphatic heterocycles. The third kappa shape index (κ3) is 7.03. The van der Waals surface area contributed by atoms with Crippen LogP contribution in [0.4, 0.5) is 17.1 Å². The van der Waals surface area contributed by atoms with E-state index in [0.717, 1.165) is 17.1 Å². The van der Waals surface area contributed by atoms with Crippen molar-refractivity contribution in [2.45, 2.75) is 19.3 Å². The molecule has 0 spiro atoms. The lowest BCUT2D eigenvalue weighted by atomic mass is 9.81. The summed E-state index contributed by atoms with van der Waals surface area (Å²) in [6, 6.07) is 92.3. The van der Waals surface area contributed by atoms with Crippen LogP contribution < -0.4 is 4.90 Å². The molecule has 14 rings (SSSR count). The Morgan fingerprint density at radius 2 is 0.681 bits per heavy atom. The molecule has 0 amide bonds. The average molecular weight is 954 g/mol. The minimum Gasteiger partial charge on any atom is -0.310 e. The molecule has 2 aromatic heterocycles. The van der Waals surface area contributed by atoms with Crippen LogP contribution in [0, 0.1) is 0 Å². The SMILES string of the molecule is CC1(C)c2cc(-c3cc(-c4ccccc4)cc(-c4ccccc4)c3)ccc2-c2ccc(N(c3ccc(-c4cccc5c4sc4ccccc45)cc3)c3ccc(-c4cccc5c4sc4ccccc45)cc3)cc21. The number of hydrogen-bond acceptors (Lipinski definition) is 3. The molecule has 0 bridgehead atoms. The van der Waals surface area contributed by atoms with E-state index >= 15 is 0 Å². The normalized spacial score (nSPS) is 12.7. The maximum atomic E-state index is 2.46. The Morgan fingerprint density at radius 3 is 1.19 bits per heavy atom. The minimum absolute atomic E-state index is 0.249. The number of benzene rings is 11. The zero-order chi connectivity index (χ0) is 47.9. The van der Waals surface area contributed by atoms with Gasteiger partial charge >= 0.3 is 0 Å². The molecule has 0 saturated heterocycles. The van der Waals surface area contributed by atoms with Gasteiger partial charge in [0.1, 0.15) is 0 Å². The van der Waals surface area contributed by atoms with E-state index in [0.29, 0.717) is 0 Å². The van der Waals surface area contributed by atoms with Gasteiger partial charge in [-0.3, -0.25) is 0 Å². The summed E-state index contributed by atoms with van der Waals surface area (Å²) in [7, 11) is 0. The number of hydrogen-bond donors (Lipinski definition) is 0. The highest BCUT2D eigenvalue weighted by molar-refractivity contribution is 7.26. The fourth-order valence-corrected chi connectivity index (χ4v) is 13.9. The highest BCUT2D eigenvalue weighted by Gasteiger charge is 2.36. The predicted octanol–water partition coefficient (Wildman–Crippen LogP) is 20.5. The monoisotopic (exact) mass is 953 g/mol. The highest BCUT2D eigenvalue weighted by Crippen LogP contribution is 2.52. The number of anilines is 3. The number of thiophene rings is 2. The number of nitrogens with zero attached hydrogens (tertiary/aromatic N) is 1. The Labute approximate surface area is 428 Å². The molecular weight excluding hydrogens is 907 g/mol. The maximum Gasteiger partial charge on any atom is 0.0465 e. The van der Waals surface area contributed by atoms with Crippen LogP contribution in [0.25, 0.3) is 107 Å². The van der Waals surface area contributed by atoms with Crippen molar-refractivity contribution in [2.75, 3.05) is 4.90 Å². The van der Waals surface area contributed by atoms with Crippen LogP contribution in [-0.4, -0.2) is 0 Å². The summed E-state index contributed by atoms with van der Waals surface area (Å²) in [5.74, 6) is 0. The van der Waals surface area contributed by atoms with E-state index in [2.05, 4.69) is 267 Å². The molecule has 1 aliphatic carbocycles. The molecule has 2 heterocycles. The molecule has 0 N–H and O–H groups in total. The smallest absolute Gasteiger partial charge is 0.0465 e. The predicted molar refractivity (Wildman–Crippen MR) is 312 cm³/mol. The van der Waals surface area contributed by atoms with Crippen LogP contribution >= 0.6 is 22.7 Å². The van der Waals surface area contributed by atoms with Gasteiger partial charge in [-0.2, -0.15) is 0 Å². The van der Waals surface area contributed by atoms with Crippen molar-refractivity contribution in [2.24, 2.45) is 0 Å². The maximum absolute atomic E-state index is 2.46. The Kier molecular flexibility index (Phi) is 9.99. The minimum atomic E-state index is -0.249. The summed E-state index contributed by atoms with van der Waals surface area (Å²) in [5.41, 5.74) is 20.7. The Bertz CT molecular complexity index is 4000. The summed E-state index contributed by atoms with van der Waals surface area (Å²) >= 11 is 3.77. The zero-order valence-corrected chi connectivity index (χ0v) is 41.6. The first kappa shape index (κ1) is 42.5. The second-order valence-corrected chi connectivity index (χ2v) is 21.7. The van der Waals surface area contributed by atoms with Gasteiger partial charge in [0, 0.05) is 62.8 Å². The molecule has 0 fully saturated rings. The van der Waals surface area contributed by atoms with Gasteiger partial charge in [-0.1, -0.05) is 190 Å².